The molecule has 3 heterocycles. The maximum Gasteiger partial charge on any atom is 0.245 e. The molecule has 1 aromatic heterocycles. The third kappa shape index (κ3) is 3.60. The normalized spacial score (nSPS) is 25.5. The summed E-state index contributed by atoms with van der Waals surface area (Å²) in [6.07, 6.45) is 1.14. The molecule has 128 valence electrons. The molecule has 0 radical (unpaired) electrons. The van der Waals surface area contributed by atoms with Crippen molar-refractivity contribution >= 4 is 17.2 Å². The Balaban J connectivity index is 1.85. The first-order valence-electron chi connectivity index (χ1n) is 8.55. The summed E-state index contributed by atoms with van der Waals surface area (Å²) in [5, 5.41) is 15.2. The predicted octanol–water partition coefficient (Wildman–Crippen LogP) is 1.37. The van der Waals surface area contributed by atoms with Crippen LogP contribution in [0, 0.1) is 6.92 Å². The molecule has 0 saturated carbocycles. The molecular formula is C17H27N3O2S. The van der Waals surface area contributed by atoms with Crippen molar-refractivity contribution in [2.75, 3.05) is 32.7 Å². The summed E-state index contributed by atoms with van der Waals surface area (Å²) in [5.41, 5.74) is 1.20. The Hall–Kier alpha value is -0.950. The number of piperidine rings is 1. The van der Waals surface area contributed by atoms with Gasteiger partial charge in [0.15, 0.2) is 0 Å². The summed E-state index contributed by atoms with van der Waals surface area (Å²) in [6.45, 7) is 8.37. The largest absolute Gasteiger partial charge is 0.393 e. The first kappa shape index (κ1) is 16.9. The number of aryl methyl sites for hydroxylation is 1. The van der Waals surface area contributed by atoms with Crippen LogP contribution in [0.5, 0.6) is 0 Å². The second-order valence-electron chi connectivity index (χ2n) is 6.72. The predicted molar refractivity (Wildman–Crippen MR) is 92.7 cm³/mol. The van der Waals surface area contributed by atoms with Gasteiger partial charge in [-0.2, -0.15) is 0 Å². The molecule has 0 bridgehead atoms. The number of hydrogen-bond donors (Lipinski definition) is 2. The molecule has 2 saturated heterocycles. The molecule has 2 unspecified atom stereocenters. The van der Waals surface area contributed by atoms with E-state index in [-0.39, 0.29) is 18.1 Å². The summed E-state index contributed by atoms with van der Waals surface area (Å²) in [5.74, 6) is 0.205. The van der Waals surface area contributed by atoms with Gasteiger partial charge in [0.05, 0.1) is 6.10 Å². The molecule has 1 aromatic rings. The van der Waals surface area contributed by atoms with E-state index in [1.165, 1.54) is 10.4 Å². The Bertz CT molecular complexity index is 540. The number of nitrogens with zero attached hydrogens (tertiary/aromatic N) is 2. The van der Waals surface area contributed by atoms with Crippen molar-refractivity contribution in [2.45, 2.75) is 44.9 Å². The number of carbonyl (C=O) groups excluding carboxylic acids is 1. The van der Waals surface area contributed by atoms with E-state index in [0.717, 1.165) is 19.6 Å². The van der Waals surface area contributed by atoms with E-state index in [2.05, 4.69) is 35.5 Å². The highest BCUT2D eigenvalue weighted by molar-refractivity contribution is 7.10. The first-order valence-corrected chi connectivity index (χ1v) is 9.43. The van der Waals surface area contributed by atoms with Crippen molar-refractivity contribution in [3.05, 3.63) is 21.9 Å². The third-order valence-electron chi connectivity index (χ3n) is 5.04. The highest BCUT2D eigenvalue weighted by Gasteiger charge is 2.37. The smallest absolute Gasteiger partial charge is 0.245 e. The van der Waals surface area contributed by atoms with E-state index in [9.17, 15) is 9.90 Å². The van der Waals surface area contributed by atoms with Gasteiger partial charge in [0, 0.05) is 43.6 Å². The Labute approximate surface area is 142 Å². The Morgan fingerprint density at radius 2 is 2.13 bits per heavy atom. The van der Waals surface area contributed by atoms with Crippen LogP contribution in [0.2, 0.25) is 0 Å². The molecule has 6 heteroatoms. The molecule has 1 amide bonds. The number of likely N-dealkylation sites (tertiary alicyclic amines) is 1. The third-order valence-corrected chi connectivity index (χ3v) is 6.12. The average Bonchev–Trinajstić information content (AvgIpc) is 2.96. The van der Waals surface area contributed by atoms with Crippen LogP contribution in [-0.2, 0) is 4.79 Å². The molecule has 2 aliphatic heterocycles. The van der Waals surface area contributed by atoms with Crippen LogP contribution >= 0.6 is 11.3 Å². The number of carbonyl (C=O) groups is 1. The quantitative estimate of drug-likeness (QED) is 0.875. The summed E-state index contributed by atoms with van der Waals surface area (Å²) < 4.78 is 0. The van der Waals surface area contributed by atoms with Gasteiger partial charge in [0.25, 0.3) is 0 Å². The van der Waals surface area contributed by atoms with Crippen LogP contribution in [0.15, 0.2) is 11.4 Å². The fourth-order valence-corrected chi connectivity index (χ4v) is 4.61. The Kier molecular flexibility index (Phi) is 5.36. The minimum atomic E-state index is -0.251. The summed E-state index contributed by atoms with van der Waals surface area (Å²) in [4.78, 5) is 18.8. The Morgan fingerprint density at radius 3 is 2.74 bits per heavy atom. The number of piperazine rings is 1. The average molecular weight is 337 g/mol. The van der Waals surface area contributed by atoms with Crippen molar-refractivity contribution in [3.8, 4) is 0 Å². The van der Waals surface area contributed by atoms with Gasteiger partial charge in [-0.05, 0) is 43.7 Å². The molecular weight excluding hydrogens is 310 g/mol. The summed E-state index contributed by atoms with van der Waals surface area (Å²) in [7, 11) is 0. The van der Waals surface area contributed by atoms with Crippen LogP contribution in [0.4, 0.5) is 0 Å². The van der Waals surface area contributed by atoms with Crippen molar-refractivity contribution in [3.63, 3.8) is 0 Å². The second-order valence-corrected chi connectivity index (χ2v) is 7.67. The highest BCUT2D eigenvalue weighted by Crippen LogP contribution is 2.33. The van der Waals surface area contributed by atoms with E-state index >= 15 is 0 Å². The maximum atomic E-state index is 13.3. The van der Waals surface area contributed by atoms with Gasteiger partial charge in [0.2, 0.25) is 5.91 Å². The second kappa shape index (κ2) is 7.30. The molecule has 0 aliphatic carbocycles. The zero-order valence-corrected chi connectivity index (χ0v) is 14.8. The van der Waals surface area contributed by atoms with Crippen LogP contribution in [0.3, 0.4) is 0 Å². The molecule has 2 fully saturated rings. The molecule has 2 atom stereocenters. The van der Waals surface area contributed by atoms with Crippen LogP contribution < -0.4 is 5.32 Å². The lowest BCUT2D eigenvalue weighted by Crippen LogP contribution is -2.55. The van der Waals surface area contributed by atoms with Crippen LogP contribution in [-0.4, -0.2) is 65.7 Å². The van der Waals surface area contributed by atoms with Crippen molar-refractivity contribution in [1.82, 2.24) is 15.1 Å². The van der Waals surface area contributed by atoms with Gasteiger partial charge in [0.1, 0.15) is 6.04 Å². The standard InChI is InChI=1S/C17H27N3O2S/c1-12-5-10-23-16(12)15(20-9-6-18-11-13(20)2)17(22)19-7-3-14(21)4-8-19/h5,10,13-15,18,21H,3-4,6-9,11H2,1-2H3. The van der Waals surface area contributed by atoms with Gasteiger partial charge in [-0.3, -0.25) is 9.69 Å². The number of nitrogens with one attached hydrogen (secondary N) is 1. The van der Waals surface area contributed by atoms with Gasteiger partial charge in [-0.25, -0.2) is 0 Å². The fraction of sp³-hybridized carbons (Fsp3) is 0.706. The summed E-state index contributed by atoms with van der Waals surface area (Å²) >= 11 is 1.69. The lowest BCUT2D eigenvalue weighted by Gasteiger charge is -2.42. The molecule has 0 aromatic carbocycles. The fourth-order valence-electron chi connectivity index (χ4n) is 3.57. The van der Waals surface area contributed by atoms with E-state index in [1.807, 2.05) is 4.90 Å². The van der Waals surface area contributed by atoms with Crippen molar-refractivity contribution < 1.29 is 9.90 Å². The zero-order chi connectivity index (χ0) is 16.4. The van der Waals surface area contributed by atoms with Crippen molar-refractivity contribution in [2.24, 2.45) is 0 Å². The van der Waals surface area contributed by atoms with E-state index in [0.29, 0.717) is 32.0 Å². The minimum absolute atomic E-state index is 0.178. The number of aliphatic hydroxyl groups excluding tert-OH is 1. The number of aliphatic hydroxyl groups is 1. The summed E-state index contributed by atoms with van der Waals surface area (Å²) in [6, 6.07) is 2.27. The van der Waals surface area contributed by atoms with Gasteiger partial charge in [-0.1, -0.05) is 0 Å². The van der Waals surface area contributed by atoms with Crippen LogP contribution in [0.25, 0.3) is 0 Å². The van der Waals surface area contributed by atoms with Gasteiger partial charge < -0.3 is 15.3 Å². The topological polar surface area (TPSA) is 55.8 Å². The van der Waals surface area contributed by atoms with E-state index in [1.54, 1.807) is 11.3 Å². The molecule has 5 nitrogen and oxygen atoms in total. The first-order chi connectivity index (χ1) is 11.1. The monoisotopic (exact) mass is 337 g/mol. The minimum Gasteiger partial charge on any atom is -0.393 e. The Morgan fingerprint density at radius 1 is 1.39 bits per heavy atom. The molecule has 2 aliphatic rings. The molecule has 2 N–H and O–H groups in total. The highest BCUT2D eigenvalue weighted by atomic mass is 32.1. The molecule has 3 rings (SSSR count). The molecule has 23 heavy (non-hydrogen) atoms. The van der Waals surface area contributed by atoms with Gasteiger partial charge >= 0.3 is 0 Å². The number of thiophene rings is 1. The SMILES string of the molecule is Cc1ccsc1C(C(=O)N1CCC(O)CC1)N1CCNCC1C. The number of rotatable bonds is 3. The molecule has 0 spiro atoms. The number of amides is 1. The maximum absolute atomic E-state index is 13.3. The van der Waals surface area contributed by atoms with Crippen LogP contribution in [0.1, 0.15) is 36.2 Å². The number of hydrogen-bond acceptors (Lipinski definition) is 5. The zero-order valence-electron chi connectivity index (χ0n) is 14.0. The van der Waals surface area contributed by atoms with E-state index < -0.39 is 0 Å². The van der Waals surface area contributed by atoms with Gasteiger partial charge in [-0.15, -0.1) is 11.3 Å². The van der Waals surface area contributed by atoms with Crippen molar-refractivity contribution in [1.29, 1.82) is 0 Å². The lowest BCUT2D eigenvalue weighted by molar-refractivity contribution is -0.140. The lowest BCUT2D eigenvalue weighted by atomic mass is 10.0. The van der Waals surface area contributed by atoms with E-state index in [4.69, 9.17) is 0 Å².